The highest BCUT2D eigenvalue weighted by atomic mass is 19.1. The van der Waals surface area contributed by atoms with Crippen molar-refractivity contribution in [2.45, 2.75) is 123 Å². The van der Waals surface area contributed by atoms with Gasteiger partial charge in [-0.15, -0.1) is 0 Å². The summed E-state index contributed by atoms with van der Waals surface area (Å²) in [7, 11) is 1.76. The van der Waals surface area contributed by atoms with Crippen LogP contribution in [0.4, 0.5) is 8.78 Å². The molecule has 0 aromatic heterocycles. The lowest BCUT2D eigenvalue weighted by Crippen LogP contribution is -2.65. The van der Waals surface area contributed by atoms with Gasteiger partial charge in [0.1, 0.15) is 23.6 Å². The Kier molecular flexibility index (Phi) is 10.2. The molecule has 2 aliphatic heterocycles. The first-order chi connectivity index (χ1) is 21.2. The van der Waals surface area contributed by atoms with Crippen LogP contribution in [0.3, 0.4) is 0 Å². The van der Waals surface area contributed by atoms with E-state index in [0.717, 1.165) is 31.7 Å². The van der Waals surface area contributed by atoms with Gasteiger partial charge in [0.25, 0.3) is 5.91 Å². The van der Waals surface area contributed by atoms with E-state index in [1.807, 2.05) is 32.6 Å². The average Bonchev–Trinajstić information content (AvgIpc) is 3.57. The van der Waals surface area contributed by atoms with Crippen LogP contribution in [0.25, 0.3) is 0 Å². The number of quaternary nitrogens is 1. The number of amides is 3. The molecular formula is C36H57F2N4O4+. The van der Waals surface area contributed by atoms with Crippen LogP contribution in [-0.4, -0.2) is 101 Å². The first-order valence-electron chi connectivity index (χ1n) is 17.0. The Balaban J connectivity index is 1.83. The van der Waals surface area contributed by atoms with Gasteiger partial charge < -0.3 is 15.3 Å². The van der Waals surface area contributed by atoms with Crippen molar-refractivity contribution < 1.29 is 32.8 Å². The lowest BCUT2D eigenvalue weighted by molar-refractivity contribution is -0.840. The minimum atomic E-state index is -1.33. The highest BCUT2D eigenvalue weighted by molar-refractivity contribution is 5.89. The molecule has 1 aromatic rings. The second-order valence-corrected chi connectivity index (χ2v) is 16.8. The van der Waals surface area contributed by atoms with Gasteiger partial charge in [-0.2, -0.15) is 0 Å². The van der Waals surface area contributed by atoms with Crippen molar-refractivity contribution in [1.82, 2.24) is 15.1 Å². The zero-order chi connectivity index (χ0) is 34.5. The summed E-state index contributed by atoms with van der Waals surface area (Å²) in [4.78, 5) is 47.5. The van der Waals surface area contributed by atoms with Crippen LogP contribution in [-0.2, 0) is 19.8 Å². The van der Waals surface area contributed by atoms with Gasteiger partial charge in [-0.1, -0.05) is 19.9 Å². The molecule has 46 heavy (non-hydrogen) atoms. The predicted octanol–water partition coefficient (Wildman–Crippen LogP) is 4.77. The van der Waals surface area contributed by atoms with Gasteiger partial charge in [-0.05, 0) is 85.1 Å². The van der Waals surface area contributed by atoms with Crippen molar-refractivity contribution >= 4 is 17.7 Å². The molecule has 10 heteroatoms. The van der Waals surface area contributed by atoms with Crippen molar-refractivity contribution in [3.8, 4) is 0 Å². The summed E-state index contributed by atoms with van der Waals surface area (Å²) in [5.41, 5.74) is -2.37. The van der Waals surface area contributed by atoms with E-state index >= 15 is 9.18 Å². The standard InChI is InChI=1S/C36H56F2N4O4/c1-10-39-30(44)29-20-26(41(31(45)35(7,8)23-43)25-13-15-34(5,6)16-14-25)21-42(29,9)32(46)36(17-18-40(22-36)33(2,3)4)27-12-11-24(37)19-28(27)38/h11-12,19,25-26,29,43H,10,13-18,20-23H2,1-9H3/p+1/t26-,29-,36+,42?/m0/s1. The monoisotopic (exact) mass is 647 g/mol. The van der Waals surface area contributed by atoms with Crippen LogP contribution in [0.2, 0.25) is 0 Å². The van der Waals surface area contributed by atoms with Gasteiger partial charge in [0, 0.05) is 49.3 Å². The van der Waals surface area contributed by atoms with E-state index < -0.39 is 34.5 Å². The lowest BCUT2D eigenvalue weighted by Gasteiger charge is -2.45. The van der Waals surface area contributed by atoms with Gasteiger partial charge >= 0.3 is 5.91 Å². The molecule has 2 heterocycles. The van der Waals surface area contributed by atoms with E-state index in [-0.39, 0.29) is 70.9 Å². The van der Waals surface area contributed by atoms with Gasteiger partial charge in [-0.25, -0.2) is 13.6 Å². The number of benzene rings is 1. The molecule has 3 amide bonds. The molecule has 3 aliphatic rings. The summed E-state index contributed by atoms with van der Waals surface area (Å²) < 4.78 is 29.6. The third-order valence-electron chi connectivity index (χ3n) is 11.3. The van der Waals surface area contributed by atoms with E-state index in [9.17, 15) is 19.1 Å². The number of halogens is 2. The number of nitrogens with one attached hydrogen (secondary N) is 1. The number of carbonyl (C=O) groups is 3. The molecule has 4 rings (SSSR count). The fraction of sp³-hybridized carbons (Fsp3) is 0.750. The van der Waals surface area contributed by atoms with Crippen LogP contribution in [0.1, 0.15) is 99.5 Å². The molecule has 1 unspecified atom stereocenters. The first kappa shape index (κ1) is 36.4. The third kappa shape index (κ3) is 6.76. The van der Waals surface area contributed by atoms with Gasteiger partial charge in [0.15, 0.2) is 6.04 Å². The van der Waals surface area contributed by atoms with E-state index in [0.29, 0.717) is 19.5 Å². The van der Waals surface area contributed by atoms with Crippen molar-refractivity contribution in [3.63, 3.8) is 0 Å². The van der Waals surface area contributed by atoms with Crippen molar-refractivity contribution in [2.24, 2.45) is 10.8 Å². The van der Waals surface area contributed by atoms with E-state index in [1.165, 1.54) is 12.1 Å². The fourth-order valence-corrected chi connectivity index (χ4v) is 8.18. The maximum absolute atomic E-state index is 15.7. The first-order valence-corrected chi connectivity index (χ1v) is 17.0. The summed E-state index contributed by atoms with van der Waals surface area (Å²) >= 11 is 0. The Morgan fingerprint density at radius 1 is 1.07 bits per heavy atom. The molecule has 8 nitrogen and oxygen atoms in total. The number of likely N-dealkylation sites (tertiary alicyclic amines) is 2. The minimum Gasteiger partial charge on any atom is -0.395 e. The maximum atomic E-state index is 15.7. The number of nitrogens with zero attached hydrogens (tertiary/aromatic N) is 3. The van der Waals surface area contributed by atoms with E-state index in [2.05, 4.69) is 24.1 Å². The Labute approximate surface area is 274 Å². The molecule has 1 saturated carbocycles. The van der Waals surface area contributed by atoms with Crippen LogP contribution in [0, 0.1) is 22.5 Å². The van der Waals surface area contributed by atoms with Crippen LogP contribution < -0.4 is 5.32 Å². The Bertz CT molecular complexity index is 1320. The molecule has 0 radical (unpaired) electrons. The largest absolute Gasteiger partial charge is 0.395 e. The number of hydrogen-bond donors (Lipinski definition) is 2. The average molecular weight is 648 g/mol. The smallest absolute Gasteiger partial charge is 0.326 e. The number of likely N-dealkylation sites (N-methyl/N-ethyl adjacent to an activating group) is 2. The molecule has 4 atom stereocenters. The number of rotatable bonds is 8. The van der Waals surface area contributed by atoms with E-state index in [1.54, 1.807) is 20.9 Å². The second kappa shape index (κ2) is 12.9. The van der Waals surface area contributed by atoms with Crippen LogP contribution in [0.5, 0.6) is 0 Å². The maximum Gasteiger partial charge on any atom is 0.326 e. The van der Waals surface area contributed by atoms with Gasteiger partial charge in [-0.3, -0.25) is 19.0 Å². The van der Waals surface area contributed by atoms with Crippen molar-refractivity contribution in [1.29, 1.82) is 0 Å². The van der Waals surface area contributed by atoms with E-state index in [4.69, 9.17) is 0 Å². The fourth-order valence-electron chi connectivity index (χ4n) is 8.18. The minimum absolute atomic E-state index is 0.0840. The summed E-state index contributed by atoms with van der Waals surface area (Å²) in [6.07, 6.45) is 4.07. The number of hydrogen-bond acceptors (Lipinski definition) is 5. The SMILES string of the molecule is CCNC(=O)[C@@H]1C[C@H](N(C(=O)C(C)(C)CO)C2CCC(C)(C)CC2)C[N+]1(C)C(=O)[C@]1(c2ccc(F)cc2F)CCN(C(C)(C)C)C1. The van der Waals surface area contributed by atoms with Crippen LogP contribution >= 0.6 is 0 Å². The van der Waals surface area contributed by atoms with Crippen molar-refractivity contribution in [3.05, 3.63) is 35.4 Å². The lowest BCUT2D eigenvalue weighted by atomic mass is 9.74. The molecule has 1 aliphatic carbocycles. The summed E-state index contributed by atoms with van der Waals surface area (Å²) in [5, 5.41) is 13.2. The topological polar surface area (TPSA) is 90.0 Å². The second-order valence-electron chi connectivity index (χ2n) is 16.8. The molecule has 0 bridgehead atoms. The quantitative estimate of drug-likeness (QED) is 0.397. The Morgan fingerprint density at radius 2 is 1.70 bits per heavy atom. The van der Waals surface area contributed by atoms with Gasteiger partial charge in [0.05, 0.1) is 25.1 Å². The molecule has 258 valence electrons. The zero-order valence-electron chi connectivity index (χ0n) is 29.5. The molecule has 3 fully saturated rings. The number of aliphatic hydroxyl groups is 1. The Morgan fingerprint density at radius 3 is 2.22 bits per heavy atom. The molecule has 0 spiro atoms. The number of carbonyl (C=O) groups excluding carboxylic acids is 3. The van der Waals surface area contributed by atoms with Crippen LogP contribution in [0.15, 0.2) is 18.2 Å². The summed E-state index contributed by atoms with van der Waals surface area (Å²) in [6.45, 7) is 16.9. The molecule has 2 saturated heterocycles. The molecular weight excluding hydrogens is 590 g/mol. The van der Waals surface area contributed by atoms with Gasteiger partial charge in [0.2, 0.25) is 5.91 Å². The normalized spacial score (nSPS) is 29.1. The van der Waals surface area contributed by atoms with Crippen molar-refractivity contribution in [2.75, 3.05) is 39.8 Å². The Hall–Kier alpha value is -2.43. The third-order valence-corrected chi connectivity index (χ3v) is 11.3. The number of aliphatic hydroxyl groups excluding tert-OH is 1. The molecule has 2 N–H and O–H groups in total. The zero-order valence-corrected chi connectivity index (χ0v) is 29.5. The predicted molar refractivity (Wildman–Crippen MR) is 175 cm³/mol. The molecule has 1 aromatic carbocycles. The summed E-state index contributed by atoms with van der Waals surface area (Å²) in [5.74, 6) is -2.23. The highest BCUT2D eigenvalue weighted by Gasteiger charge is 2.63. The summed E-state index contributed by atoms with van der Waals surface area (Å²) in [6, 6.07) is 2.08. The highest BCUT2D eigenvalue weighted by Crippen LogP contribution is 2.46.